The van der Waals surface area contributed by atoms with Crippen LogP contribution in [0.1, 0.15) is 63.4 Å². The van der Waals surface area contributed by atoms with E-state index < -0.39 is 0 Å². The summed E-state index contributed by atoms with van der Waals surface area (Å²) in [4.78, 5) is 12.6. The Labute approximate surface area is 122 Å². The molecular weight excluding hydrogens is 248 g/mol. The average molecular weight is 276 g/mol. The predicted molar refractivity (Wildman–Crippen MR) is 85.0 cm³/mol. The Morgan fingerprint density at radius 3 is 2.15 bits per heavy atom. The standard InChI is InChI=1S/C17H28N2O/c1-6-17(7-2,12-18)19-15(20)13-10-8-9-11-14(13)16(3,4)5/h8-11H,6-7,12,18H2,1-5H3,(H,19,20). The van der Waals surface area contributed by atoms with Crippen LogP contribution in [0.25, 0.3) is 0 Å². The summed E-state index contributed by atoms with van der Waals surface area (Å²) in [7, 11) is 0. The van der Waals surface area contributed by atoms with Gasteiger partial charge in [0.05, 0.1) is 5.54 Å². The van der Waals surface area contributed by atoms with E-state index in [2.05, 4.69) is 39.9 Å². The molecule has 0 spiro atoms. The fourth-order valence-corrected chi connectivity index (χ4v) is 2.41. The molecule has 0 aromatic heterocycles. The van der Waals surface area contributed by atoms with Crippen LogP contribution in [-0.4, -0.2) is 18.0 Å². The van der Waals surface area contributed by atoms with E-state index in [0.717, 1.165) is 24.0 Å². The predicted octanol–water partition coefficient (Wildman–Crippen LogP) is 3.23. The number of hydrogen-bond acceptors (Lipinski definition) is 2. The molecule has 0 fully saturated rings. The van der Waals surface area contributed by atoms with Crippen LogP contribution in [-0.2, 0) is 5.41 Å². The normalized spacial score (nSPS) is 12.3. The number of rotatable bonds is 5. The third-order valence-corrected chi connectivity index (χ3v) is 4.10. The van der Waals surface area contributed by atoms with Crippen molar-refractivity contribution in [3.05, 3.63) is 35.4 Å². The van der Waals surface area contributed by atoms with Gasteiger partial charge in [0.1, 0.15) is 0 Å². The highest BCUT2D eigenvalue weighted by Crippen LogP contribution is 2.26. The zero-order valence-electron chi connectivity index (χ0n) is 13.4. The molecule has 1 amide bonds. The minimum Gasteiger partial charge on any atom is -0.345 e. The van der Waals surface area contributed by atoms with Gasteiger partial charge < -0.3 is 11.1 Å². The smallest absolute Gasteiger partial charge is 0.252 e. The second-order valence-corrected chi connectivity index (χ2v) is 6.44. The maximum absolute atomic E-state index is 12.6. The van der Waals surface area contributed by atoms with E-state index in [-0.39, 0.29) is 16.9 Å². The molecule has 20 heavy (non-hydrogen) atoms. The van der Waals surface area contributed by atoms with Gasteiger partial charge in [0.15, 0.2) is 0 Å². The zero-order valence-corrected chi connectivity index (χ0v) is 13.4. The van der Waals surface area contributed by atoms with Crippen LogP contribution < -0.4 is 11.1 Å². The van der Waals surface area contributed by atoms with Crippen molar-refractivity contribution in [2.45, 2.75) is 58.4 Å². The van der Waals surface area contributed by atoms with E-state index in [4.69, 9.17) is 5.73 Å². The molecule has 0 unspecified atom stereocenters. The van der Waals surface area contributed by atoms with E-state index in [0.29, 0.717) is 6.54 Å². The molecule has 0 saturated heterocycles. The summed E-state index contributed by atoms with van der Waals surface area (Å²) in [6, 6.07) is 7.80. The Hall–Kier alpha value is -1.35. The molecule has 0 aliphatic heterocycles. The Morgan fingerprint density at radius 1 is 1.15 bits per heavy atom. The quantitative estimate of drug-likeness (QED) is 0.867. The van der Waals surface area contributed by atoms with E-state index in [1.165, 1.54) is 0 Å². The van der Waals surface area contributed by atoms with Gasteiger partial charge in [-0.15, -0.1) is 0 Å². The van der Waals surface area contributed by atoms with Gasteiger partial charge in [0.2, 0.25) is 0 Å². The molecule has 0 radical (unpaired) electrons. The van der Waals surface area contributed by atoms with Crippen molar-refractivity contribution < 1.29 is 4.79 Å². The van der Waals surface area contributed by atoms with Crippen LogP contribution >= 0.6 is 0 Å². The molecule has 3 heteroatoms. The first-order valence-corrected chi connectivity index (χ1v) is 7.41. The lowest BCUT2D eigenvalue weighted by atomic mass is 9.83. The fraction of sp³-hybridized carbons (Fsp3) is 0.588. The number of carbonyl (C=O) groups is 1. The highest BCUT2D eigenvalue weighted by atomic mass is 16.1. The Bertz CT molecular complexity index is 448. The summed E-state index contributed by atoms with van der Waals surface area (Å²) in [5.41, 5.74) is 7.32. The van der Waals surface area contributed by atoms with E-state index >= 15 is 0 Å². The first kappa shape index (κ1) is 16.7. The zero-order chi connectivity index (χ0) is 15.4. The SMILES string of the molecule is CCC(CC)(CN)NC(=O)c1ccccc1C(C)(C)C. The Balaban J connectivity index is 3.11. The Morgan fingerprint density at radius 2 is 1.70 bits per heavy atom. The maximum Gasteiger partial charge on any atom is 0.252 e. The van der Waals surface area contributed by atoms with Gasteiger partial charge in [-0.3, -0.25) is 4.79 Å². The van der Waals surface area contributed by atoms with Crippen molar-refractivity contribution >= 4 is 5.91 Å². The second kappa shape index (κ2) is 6.40. The molecule has 3 N–H and O–H groups in total. The number of benzene rings is 1. The third kappa shape index (κ3) is 3.60. The van der Waals surface area contributed by atoms with Crippen LogP contribution in [0.3, 0.4) is 0 Å². The van der Waals surface area contributed by atoms with Gasteiger partial charge in [-0.05, 0) is 29.9 Å². The summed E-state index contributed by atoms with van der Waals surface area (Å²) in [5.74, 6) is -0.0234. The Kier molecular flexibility index (Phi) is 5.35. The lowest BCUT2D eigenvalue weighted by Gasteiger charge is -2.32. The summed E-state index contributed by atoms with van der Waals surface area (Å²) < 4.78 is 0. The van der Waals surface area contributed by atoms with Crippen LogP contribution in [0.4, 0.5) is 0 Å². The van der Waals surface area contributed by atoms with Gasteiger partial charge >= 0.3 is 0 Å². The number of carbonyl (C=O) groups excluding carboxylic acids is 1. The highest BCUT2D eigenvalue weighted by Gasteiger charge is 2.29. The van der Waals surface area contributed by atoms with Crippen LogP contribution in [0.15, 0.2) is 24.3 Å². The van der Waals surface area contributed by atoms with Crippen molar-refractivity contribution in [3.63, 3.8) is 0 Å². The molecule has 0 heterocycles. The molecule has 1 aromatic carbocycles. The number of nitrogens with one attached hydrogen (secondary N) is 1. The molecule has 0 aliphatic rings. The molecule has 0 aliphatic carbocycles. The second-order valence-electron chi connectivity index (χ2n) is 6.44. The van der Waals surface area contributed by atoms with Crippen molar-refractivity contribution in [1.29, 1.82) is 0 Å². The van der Waals surface area contributed by atoms with Crippen LogP contribution in [0, 0.1) is 0 Å². The topological polar surface area (TPSA) is 55.1 Å². The molecule has 1 rings (SSSR count). The third-order valence-electron chi connectivity index (χ3n) is 4.10. The number of amides is 1. The molecule has 112 valence electrons. The molecule has 0 atom stereocenters. The van der Waals surface area contributed by atoms with Crippen molar-refractivity contribution in [2.24, 2.45) is 5.73 Å². The largest absolute Gasteiger partial charge is 0.345 e. The molecule has 3 nitrogen and oxygen atoms in total. The minimum absolute atomic E-state index is 0.0234. The molecule has 1 aromatic rings. The lowest BCUT2D eigenvalue weighted by molar-refractivity contribution is 0.0893. The average Bonchev–Trinajstić information content (AvgIpc) is 2.44. The van der Waals surface area contributed by atoms with Crippen LogP contribution in [0.5, 0.6) is 0 Å². The summed E-state index contributed by atoms with van der Waals surface area (Å²) in [6.45, 7) is 10.9. The molecular formula is C17H28N2O. The molecule has 0 bridgehead atoms. The van der Waals surface area contributed by atoms with Crippen molar-refractivity contribution in [1.82, 2.24) is 5.32 Å². The lowest BCUT2D eigenvalue weighted by Crippen LogP contribution is -2.53. The fourth-order valence-electron chi connectivity index (χ4n) is 2.41. The van der Waals surface area contributed by atoms with Gasteiger partial charge in [0.25, 0.3) is 5.91 Å². The van der Waals surface area contributed by atoms with E-state index in [1.54, 1.807) is 0 Å². The van der Waals surface area contributed by atoms with Crippen molar-refractivity contribution in [3.8, 4) is 0 Å². The minimum atomic E-state index is -0.303. The van der Waals surface area contributed by atoms with Gasteiger partial charge in [-0.2, -0.15) is 0 Å². The van der Waals surface area contributed by atoms with Gasteiger partial charge in [-0.1, -0.05) is 52.8 Å². The number of nitrogens with two attached hydrogens (primary N) is 1. The van der Waals surface area contributed by atoms with E-state index in [9.17, 15) is 4.79 Å². The summed E-state index contributed by atoms with van der Waals surface area (Å²) in [5, 5.41) is 3.14. The van der Waals surface area contributed by atoms with Crippen molar-refractivity contribution in [2.75, 3.05) is 6.54 Å². The first-order chi connectivity index (χ1) is 9.29. The number of hydrogen-bond donors (Lipinski definition) is 2. The summed E-state index contributed by atoms with van der Waals surface area (Å²) >= 11 is 0. The maximum atomic E-state index is 12.6. The highest BCUT2D eigenvalue weighted by molar-refractivity contribution is 5.96. The van der Waals surface area contributed by atoms with Crippen LogP contribution in [0.2, 0.25) is 0 Å². The molecule has 0 saturated carbocycles. The van der Waals surface area contributed by atoms with Gasteiger partial charge in [0, 0.05) is 12.1 Å². The first-order valence-electron chi connectivity index (χ1n) is 7.41. The van der Waals surface area contributed by atoms with E-state index in [1.807, 2.05) is 24.3 Å². The van der Waals surface area contributed by atoms with Gasteiger partial charge in [-0.25, -0.2) is 0 Å². The monoisotopic (exact) mass is 276 g/mol. The summed E-state index contributed by atoms with van der Waals surface area (Å²) in [6.07, 6.45) is 1.67.